The average Bonchev–Trinajstić information content (AvgIpc) is 2.68. The third kappa shape index (κ3) is 4.23. The second-order valence-corrected chi connectivity index (χ2v) is 6.81. The van der Waals surface area contributed by atoms with Crippen molar-refractivity contribution in [1.29, 1.82) is 0 Å². The lowest BCUT2D eigenvalue weighted by Gasteiger charge is -2.38. The molecule has 0 spiro atoms. The van der Waals surface area contributed by atoms with Crippen molar-refractivity contribution in [2.24, 2.45) is 5.92 Å². The van der Waals surface area contributed by atoms with Crippen LogP contribution >= 0.6 is 0 Å². The summed E-state index contributed by atoms with van der Waals surface area (Å²) in [4.78, 5) is 30.3. The first-order valence-electron chi connectivity index (χ1n) is 9.34. The van der Waals surface area contributed by atoms with Crippen molar-refractivity contribution in [1.82, 2.24) is 20.0 Å². The molecule has 3 heterocycles. The van der Waals surface area contributed by atoms with Crippen LogP contribution in [-0.2, 0) is 9.53 Å². The molecule has 2 aliphatic rings. The van der Waals surface area contributed by atoms with E-state index in [4.69, 9.17) is 4.74 Å². The number of nitrogens with zero attached hydrogens (tertiary/aromatic N) is 5. The minimum atomic E-state index is -0.285. The fourth-order valence-electron chi connectivity index (χ4n) is 3.50. The molecule has 2 saturated heterocycles. The first-order chi connectivity index (χ1) is 12.6. The molecule has 0 aliphatic carbocycles. The summed E-state index contributed by atoms with van der Waals surface area (Å²) in [6.45, 7) is 7.98. The molecule has 8 heteroatoms. The van der Waals surface area contributed by atoms with Gasteiger partial charge in [0.25, 0.3) is 0 Å². The average molecular weight is 361 g/mol. The third-order valence-electron chi connectivity index (χ3n) is 5.07. The van der Waals surface area contributed by atoms with Crippen molar-refractivity contribution in [2.45, 2.75) is 26.7 Å². The third-order valence-corrected chi connectivity index (χ3v) is 5.07. The van der Waals surface area contributed by atoms with Crippen molar-refractivity contribution in [3.63, 3.8) is 0 Å². The fraction of sp³-hybridized carbons (Fsp3) is 0.667. The Morgan fingerprint density at radius 1 is 1.04 bits per heavy atom. The summed E-state index contributed by atoms with van der Waals surface area (Å²) in [5.74, 6) is 1.14. The number of aromatic nitrogens is 2. The van der Waals surface area contributed by atoms with Crippen LogP contribution in [0.5, 0.6) is 0 Å². The van der Waals surface area contributed by atoms with Gasteiger partial charge in [-0.2, -0.15) is 5.10 Å². The standard InChI is InChI=1S/C18H27N5O3/c1-3-26-18(25)23-12-10-22(11-13-23)17(24)15-6-8-21(9-7-15)16-5-4-14(2)19-20-16/h4-5,15H,3,6-13H2,1-2H3. The van der Waals surface area contributed by atoms with Crippen LogP contribution in [0, 0.1) is 12.8 Å². The Morgan fingerprint density at radius 2 is 1.69 bits per heavy atom. The molecule has 0 atom stereocenters. The number of rotatable bonds is 3. The summed E-state index contributed by atoms with van der Waals surface area (Å²) in [6, 6.07) is 3.95. The molecule has 1 aromatic heterocycles. The molecule has 0 aromatic carbocycles. The topological polar surface area (TPSA) is 78.9 Å². The predicted octanol–water partition coefficient (Wildman–Crippen LogP) is 1.30. The number of hydrogen-bond acceptors (Lipinski definition) is 6. The monoisotopic (exact) mass is 361 g/mol. The van der Waals surface area contributed by atoms with Crippen LogP contribution in [0.2, 0.25) is 0 Å². The van der Waals surface area contributed by atoms with Crippen molar-refractivity contribution >= 4 is 17.8 Å². The van der Waals surface area contributed by atoms with Crippen LogP contribution in [0.3, 0.4) is 0 Å². The van der Waals surface area contributed by atoms with E-state index in [0.717, 1.165) is 37.4 Å². The maximum absolute atomic E-state index is 12.8. The smallest absolute Gasteiger partial charge is 0.409 e. The number of amides is 2. The molecule has 0 unspecified atom stereocenters. The molecule has 2 aliphatic heterocycles. The number of anilines is 1. The zero-order valence-electron chi connectivity index (χ0n) is 15.6. The van der Waals surface area contributed by atoms with Crippen LogP contribution in [0.25, 0.3) is 0 Å². The molecule has 2 amide bonds. The number of piperidine rings is 1. The first-order valence-corrected chi connectivity index (χ1v) is 9.34. The first kappa shape index (κ1) is 18.4. The number of hydrogen-bond donors (Lipinski definition) is 0. The highest BCUT2D eigenvalue weighted by Gasteiger charge is 2.31. The van der Waals surface area contributed by atoms with Gasteiger partial charge in [0.2, 0.25) is 5.91 Å². The quantitative estimate of drug-likeness (QED) is 0.807. The molecule has 1 aromatic rings. The summed E-state index contributed by atoms with van der Waals surface area (Å²) in [6.07, 6.45) is 1.37. The number of carbonyl (C=O) groups is 2. The van der Waals surface area contributed by atoms with Gasteiger partial charge in [0.05, 0.1) is 12.3 Å². The van der Waals surface area contributed by atoms with Gasteiger partial charge >= 0.3 is 6.09 Å². The molecule has 3 rings (SSSR count). The summed E-state index contributed by atoms with van der Waals surface area (Å²) < 4.78 is 5.02. The maximum atomic E-state index is 12.8. The van der Waals surface area contributed by atoms with E-state index in [1.54, 1.807) is 11.8 Å². The summed E-state index contributed by atoms with van der Waals surface area (Å²) in [5.41, 5.74) is 0.903. The zero-order chi connectivity index (χ0) is 18.5. The van der Waals surface area contributed by atoms with Crippen LogP contribution in [0.15, 0.2) is 12.1 Å². The van der Waals surface area contributed by atoms with E-state index in [1.165, 1.54) is 0 Å². The van der Waals surface area contributed by atoms with Crippen molar-refractivity contribution < 1.29 is 14.3 Å². The van der Waals surface area contributed by atoms with Crippen LogP contribution in [0.1, 0.15) is 25.5 Å². The molecule has 0 N–H and O–H groups in total. The van der Waals surface area contributed by atoms with Gasteiger partial charge in [0.15, 0.2) is 5.82 Å². The number of aryl methyl sites for hydroxylation is 1. The number of piperazine rings is 1. The number of ether oxygens (including phenoxy) is 1. The number of carbonyl (C=O) groups excluding carboxylic acids is 2. The van der Waals surface area contributed by atoms with Crippen molar-refractivity contribution in [3.05, 3.63) is 17.8 Å². The molecule has 26 heavy (non-hydrogen) atoms. The Balaban J connectivity index is 1.47. The van der Waals surface area contributed by atoms with E-state index in [1.807, 2.05) is 24.0 Å². The summed E-state index contributed by atoms with van der Waals surface area (Å²) >= 11 is 0. The van der Waals surface area contributed by atoms with Crippen LogP contribution < -0.4 is 4.90 Å². The largest absolute Gasteiger partial charge is 0.450 e. The molecular formula is C18H27N5O3. The highest BCUT2D eigenvalue weighted by atomic mass is 16.6. The Hall–Kier alpha value is -2.38. The van der Waals surface area contributed by atoms with Crippen LogP contribution in [-0.4, -0.2) is 77.9 Å². The van der Waals surface area contributed by atoms with Crippen molar-refractivity contribution in [2.75, 3.05) is 50.8 Å². The molecule has 8 nitrogen and oxygen atoms in total. The zero-order valence-corrected chi connectivity index (χ0v) is 15.6. The lowest BCUT2D eigenvalue weighted by atomic mass is 9.95. The van der Waals surface area contributed by atoms with Gasteiger partial charge in [-0.1, -0.05) is 0 Å². The second-order valence-electron chi connectivity index (χ2n) is 6.81. The molecule has 142 valence electrons. The summed E-state index contributed by atoms with van der Waals surface area (Å²) in [7, 11) is 0. The van der Waals surface area contributed by atoms with E-state index in [2.05, 4.69) is 15.1 Å². The van der Waals surface area contributed by atoms with Crippen LogP contribution in [0.4, 0.5) is 10.6 Å². The maximum Gasteiger partial charge on any atom is 0.409 e. The minimum absolute atomic E-state index is 0.0544. The van der Waals surface area contributed by atoms with E-state index >= 15 is 0 Å². The Bertz CT molecular complexity index is 620. The van der Waals surface area contributed by atoms with Gasteiger partial charge in [0.1, 0.15) is 0 Å². The lowest BCUT2D eigenvalue weighted by molar-refractivity contribution is -0.137. The van der Waals surface area contributed by atoms with Gasteiger partial charge in [-0.15, -0.1) is 5.10 Å². The highest BCUT2D eigenvalue weighted by molar-refractivity contribution is 5.79. The lowest BCUT2D eigenvalue weighted by Crippen LogP contribution is -2.53. The summed E-state index contributed by atoms with van der Waals surface area (Å²) in [5, 5.41) is 8.34. The Labute approximate surface area is 154 Å². The van der Waals surface area contributed by atoms with E-state index in [9.17, 15) is 9.59 Å². The van der Waals surface area contributed by atoms with E-state index in [0.29, 0.717) is 32.8 Å². The van der Waals surface area contributed by atoms with Gasteiger partial charge < -0.3 is 19.4 Å². The van der Waals surface area contributed by atoms with E-state index < -0.39 is 0 Å². The van der Waals surface area contributed by atoms with Gasteiger partial charge in [-0.05, 0) is 38.8 Å². The minimum Gasteiger partial charge on any atom is -0.450 e. The molecular weight excluding hydrogens is 334 g/mol. The predicted molar refractivity (Wildman–Crippen MR) is 96.9 cm³/mol. The molecule has 2 fully saturated rings. The van der Waals surface area contributed by atoms with Gasteiger partial charge in [0, 0.05) is 45.2 Å². The molecule has 0 bridgehead atoms. The molecule has 0 saturated carbocycles. The van der Waals surface area contributed by atoms with Crippen molar-refractivity contribution in [3.8, 4) is 0 Å². The molecule has 0 radical (unpaired) electrons. The second kappa shape index (κ2) is 8.33. The Kier molecular flexibility index (Phi) is 5.90. The Morgan fingerprint density at radius 3 is 2.27 bits per heavy atom. The fourth-order valence-corrected chi connectivity index (χ4v) is 3.50. The van der Waals surface area contributed by atoms with Gasteiger partial charge in [-0.3, -0.25) is 4.79 Å². The normalized spacial score (nSPS) is 18.8. The highest BCUT2D eigenvalue weighted by Crippen LogP contribution is 2.23. The van der Waals surface area contributed by atoms with Gasteiger partial charge in [-0.25, -0.2) is 4.79 Å². The SMILES string of the molecule is CCOC(=O)N1CCN(C(=O)C2CCN(c3ccc(C)nn3)CC2)CC1. The van der Waals surface area contributed by atoms with E-state index in [-0.39, 0.29) is 17.9 Å².